The highest BCUT2D eigenvalue weighted by Gasteiger charge is 2.34. The van der Waals surface area contributed by atoms with E-state index in [9.17, 15) is 4.79 Å². The molecule has 0 aromatic heterocycles. The maximum absolute atomic E-state index is 12.3. The van der Waals surface area contributed by atoms with Crippen molar-refractivity contribution in [3.8, 4) is 5.75 Å². The highest BCUT2D eigenvalue weighted by Crippen LogP contribution is 2.39. The van der Waals surface area contributed by atoms with Gasteiger partial charge in [0.1, 0.15) is 5.75 Å². The molecular formula is C19H22N2O2. The van der Waals surface area contributed by atoms with Crippen molar-refractivity contribution in [1.82, 2.24) is 0 Å². The van der Waals surface area contributed by atoms with Gasteiger partial charge in [-0.2, -0.15) is 0 Å². The normalized spacial score (nSPS) is 18.0. The van der Waals surface area contributed by atoms with Crippen molar-refractivity contribution in [3.05, 3.63) is 59.2 Å². The number of fused-ring (bicyclic) bond motifs is 1. The highest BCUT2D eigenvalue weighted by molar-refractivity contribution is 6.04. The first-order valence-corrected chi connectivity index (χ1v) is 7.87. The fraction of sp³-hybridized carbons (Fsp3) is 0.316. The van der Waals surface area contributed by atoms with Gasteiger partial charge in [0.25, 0.3) is 0 Å². The molecule has 1 heterocycles. The van der Waals surface area contributed by atoms with Crippen LogP contribution in [0.1, 0.15) is 42.0 Å². The first-order valence-electron chi connectivity index (χ1n) is 7.87. The SMILES string of the molecule is CCC1C(=O)N(C)c2ccc(C(N)c3ccc(OC)cc3)cc21. The molecule has 0 spiro atoms. The summed E-state index contributed by atoms with van der Waals surface area (Å²) < 4.78 is 5.18. The fourth-order valence-electron chi connectivity index (χ4n) is 3.23. The van der Waals surface area contributed by atoms with Crippen LogP contribution in [-0.2, 0) is 4.79 Å². The van der Waals surface area contributed by atoms with E-state index < -0.39 is 0 Å². The number of hydrogen-bond donors (Lipinski definition) is 1. The van der Waals surface area contributed by atoms with Crippen molar-refractivity contribution in [3.63, 3.8) is 0 Å². The number of rotatable bonds is 4. The van der Waals surface area contributed by atoms with Crippen molar-refractivity contribution in [2.24, 2.45) is 5.73 Å². The lowest BCUT2D eigenvalue weighted by Gasteiger charge is -2.16. The van der Waals surface area contributed by atoms with Crippen LogP contribution in [0.25, 0.3) is 0 Å². The first-order chi connectivity index (χ1) is 11.1. The monoisotopic (exact) mass is 310 g/mol. The lowest BCUT2D eigenvalue weighted by atomic mass is 9.92. The van der Waals surface area contributed by atoms with E-state index in [1.165, 1.54) is 0 Å². The summed E-state index contributed by atoms with van der Waals surface area (Å²) in [5.74, 6) is 0.920. The van der Waals surface area contributed by atoms with Crippen LogP contribution >= 0.6 is 0 Å². The molecular weight excluding hydrogens is 288 g/mol. The smallest absolute Gasteiger partial charge is 0.234 e. The van der Waals surface area contributed by atoms with E-state index in [0.29, 0.717) is 0 Å². The summed E-state index contributed by atoms with van der Waals surface area (Å²) >= 11 is 0. The Kier molecular flexibility index (Phi) is 4.09. The minimum absolute atomic E-state index is 0.0574. The maximum Gasteiger partial charge on any atom is 0.234 e. The van der Waals surface area contributed by atoms with Crippen LogP contribution in [0.4, 0.5) is 5.69 Å². The Bertz CT molecular complexity index is 725. The number of anilines is 1. The molecule has 4 heteroatoms. The van der Waals surface area contributed by atoms with Gasteiger partial charge in [0.2, 0.25) is 5.91 Å². The Morgan fingerprint density at radius 2 is 1.83 bits per heavy atom. The summed E-state index contributed by atoms with van der Waals surface area (Å²) in [4.78, 5) is 14.0. The average Bonchev–Trinajstić information content (AvgIpc) is 2.84. The molecule has 1 aliphatic rings. The molecule has 23 heavy (non-hydrogen) atoms. The largest absolute Gasteiger partial charge is 0.497 e. The zero-order valence-electron chi connectivity index (χ0n) is 13.7. The number of hydrogen-bond acceptors (Lipinski definition) is 3. The van der Waals surface area contributed by atoms with Gasteiger partial charge < -0.3 is 15.4 Å². The van der Waals surface area contributed by atoms with Crippen LogP contribution in [0.2, 0.25) is 0 Å². The molecule has 3 rings (SSSR count). The van der Waals surface area contributed by atoms with E-state index in [0.717, 1.165) is 34.5 Å². The van der Waals surface area contributed by atoms with Crippen LogP contribution in [0, 0.1) is 0 Å². The number of nitrogens with two attached hydrogens (primary N) is 1. The van der Waals surface area contributed by atoms with Crippen LogP contribution in [0.3, 0.4) is 0 Å². The summed E-state index contributed by atoms with van der Waals surface area (Å²) in [5.41, 5.74) is 10.5. The van der Waals surface area contributed by atoms with Crippen LogP contribution in [-0.4, -0.2) is 20.1 Å². The van der Waals surface area contributed by atoms with Gasteiger partial charge in [-0.25, -0.2) is 0 Å². The Morgan fingerprint density at radius 1 is 1.17 bits per heavy atom. The predicted molar refractivity (Wildman–Crippen MR) is 91.9 cm³/mol. The van der Waals surface area contributed by atoms with E-state index in [4.69, 9.17) is 10.5 Å². The number of carbonyl (C=O) groups excluding carboxylic acids is 1. The number of carbonyl (C=O) groups is 1. The lowest BCUT2D eigenvalue weighted by molar-refractivity contribution is -0.119. The molecule has 1 amide bonds. The van der Waals surface area contributed by atoms with Gasteiger partial charge in [-0.3, -0.25) is 4.79 Å². The second-order valence-corrected chi connectivity index (χ2v) is 5.93. The molecule has 120 valence electrons. The number of ether oxygens (including phenoxy) is 1. The van der Waals surface area contributed by atoms with Crippen molar-refractivity contribution >= 4 is 11.6 Å². The zero-order valence-corrected chi connectivity index (χ0v) is 13.7. The van der Waals surface area contributed by atoms with E-state index >= 15 is 0 Å². The van der Waals surface area contributed by atoms with Crippen LogP contribution < -0.4 is 15.4 Å². The molecule has 0 saturated carbocycles. The fourth-order valence-corrected chi connectivity index (χ4v) is 3.23. The van der Waals surface area contributed by atoms with E-state index in [1.54, 1.807) is 12.0 Å². The molecule has 0 radical (unpaired) electrons. The Morgan fingerprint density at radius 3 is 2.43 bits per heavy atom. The first kappa shape index (κ1) is 15.6. The van der Waals surface area contributed by atoms with Gasteiger partial charge in [-0.1, -0.05) is 31.2 Å². The second kappa shape index (κ2) is 6.05. The molecule has 0 saturated heterocycles. The minimum Gasteiger partial charge on any atom is -0.497 e. The van der Waals surface area contributed by atoms with Crippen molar-refractivity contribution in [1.29, 1.82) is 0 Å². The molecule has 2 aromatic rings. The van der Waals surface area contributed by atoms with Crippen molar-refractivity contribution < 1.29 is 9.53 Å². The number of methoxy groups -OCH3 is 1. The minimum atomic E-state index is -0.218. The van der Waals surface area contributed by atoms with Crippen LogP contribution in [0.5, 0.6) is 5.75 Å². The highest BCUT2D eigenvalue weighted by atomic mass is 16.5. The van der Waals surface area contributed by atoms with Crippen LogP contribution in [0.15, 0.2) is 42.5 Å². The average molecular weight is 310 g/mol. The summed E-state index contributed by atoms with van der Waals surface area (Å²) in [6.45, 7) is 2.04. The number of benzene rings is 2. The van der Waals surface area contributed by atoms with E-state index in [-0.39, 0.29) is 17.9 Å². The second-order valence-electron chi connectivity index (χ2n) is 5.93. The van der Waals surface area contributed by atoms with Gasteiger partial charge in [0.05, 0.1) is 19.1 Å². The summed E-state index contributed by atoms with van der Waals surface area (Å²) in [6, 6.07) is 13.7. The maximum atomic E-state index is 12.3. The summed E-state index contributed by atoms with van der Waals surface area (Å²) in [5, 5.41) is 0. The molecule has 2 atom stereocenters. The standard InChI is InChI=1S/C19H22N2O2/c1-4-15-16-11-13(7-10-17(16)21(2)19(15)22)18(20)12-5-8-14(23-3)9-6-12/h5-11,15,18H,4,20H2,1-3H3. The third kappa shape index (κ3) is 2.59. The van der Waals surface area contributed by atoms with Crippen molar-refractivity contribution in [2.45, 2.75) is 25.3 Å². The molecule has 1 aliphatic heterocycles. The number of likely N-dealkylation sites (N-methyl/N-ethyl adjacent to an activating group) is 1. The lowest BCUT2D eigenvalue weighted by Crippen LogP contribution is -2.23. The third-order valence-electron chi connectivity index (χ3n) is 4.66. The van der Waals surface area contributed by atoms with Gasteiger partial charge in [0, 0.05) is 12.7 Å². The van der Waals surface area contributed by atoms with Gasteiger partial charge >= 0.3 is 0 Å². The molecule has 4 nitrogen and oxygen atoms in total. The third-order valence-corrected chi connectivity index (χ3v) is 4.66. The molecule has 2 unspecified atom stereocenters. The van der Waals surface area contributed by atoms with Gasteiger partial charge in [-0.05, 0) is 41.3 Å². The Labute approximate surface area is 136 Å². The Hall–Kier alpha value is -2.33. The Balaban J connectivity index is 1.95. The van der Waals surface area contributed by atoms with Gasteiger partial charge in [-0.15, -0.1) is 0 Å². The zero-order chi connectivity index (χ0) is 16.6. The summed E-state index contributed by atoms with van der Waals surface area (Å²) in [7, 11) is 3.48. The number of nitrogens with zero attached hydrogens (tertiary/aromatic N) is 1. The molecule has 0 aliphatic carbocycles. The quantitative estimate of drug-likeness (QED) is 0.943. The van der Waals surface area contributed by atoms with E-state index in [2.05, 4.69) is 6.07 Å². The van der Waals surface area contributed by atoms with E-state index in [1.807, 2.05) is 50.4 Å². The topological polar surface area (TPSA) is 55.6 Å². The predicted octanol–water partition coefficient (Wildman–Crippen LogP) is 3.21. The summed E-state index contributed by atoms with van der Waals surface area (Å²) in [6.07, 6.45) is 0.803. The molecule has 0 fully saturated rings. The number of amides is 1. The molecule has 0 bridgehead atoms. The van der Waals surface area contributed by atoms with Gasteiger partial charge in [0.15, 0.2) is 0 Å². The molecule has 2 N–H and O–H groups in total. The van der Waals surface area contributed by atoms with Crippen molar-refractivity contribution in [2.75, 3.05) is 19.1 Å². The molecule has 2 aromatic carbocycles.